The first kappa shape index (κ1) is 19.2. The van der Waals surface area contributed by atoms with Crippen molar-refractivity contribution in [2.45, 2.75) is 19.1 Å². The summed E-state index contributed by atoms with van der Waals surface area (Å²) in [7, 11) is 3.26. The van der Waals surface area contributed by atoms with Crippen LogP contribution in [0.4, 0.5) is 5.69 Å². The van der Waals surface area contributed by atoms with Crippen molar-refractivity contribution < 1.29 is 19.1 Å². The van der Waals surface area contributed by atoms with Gasteiger partial charge in [-0.2, -0.15) is 0 Å². The molecule has 3 rings (SSSR count). The number of anilines is 1. The first-order chi connectivity index (χ1) is 12.9. The second-order valence-corrected chi connectivity index (χ2v) is 6.84. The number of halogens is 1. The van der Waals surface area contributed by atoms with Crippen LogP contribution >= 0.6 is 11.6 Å². The molecule has 2 amide bonds. The molecule has 0 aliphatic carbocycles. The molecule has 2 unspecified atom stereocenters. The van der Waals surface area contributed by atoms with Crippen LogP contribution in [0.1, 0.15) is 17.2 Å². The Labute approximate surface area is 163 Å². The summed E-state index contributed by atoms with van der Waals surface area (Å²) in [6, 6.07) is 11.9. The van der Waals surface area contributed by atoms with Gasteiger partial charge in [0.15, 0.2) is 6.10 Å². The number of hydrogen-bond acceptors (Lipinski definition) is 4. The van der Waals surface area contributed by atoms with Crippen molar-refractivity contribution in [3.63, 3.8) is 0 Å². The van der Waals surface area contributed by atoms with E-state index in [0.29, 0.717) is 16.5 Å². The van der Waals surface area contributed by atoms with Crippen LogP contribution in [0.5, 0.6) is 5.75 Å². The Morgan fingerprint density at radius 1 is 1.26 bits per heavy atom. The number of amides is 2. The van der Waals surface area contributed by atoms with E-state index in [4.69, 9.17) is 21.1 Å². The van der Waals surface area contributed by atoms with E-state index in [1.54, 1.807) is 50.6 Å². The number of aryl methyl sites for hydroxylation is 1. The van der Waals surface area contributed by atoms with Crippen molar-refractivity contribution in [3.8, 4) is 5.75 Å². The molecule has 0 radical (unpaired) electrons. The molecule has 1 aliphatic rings. The molecule has 1 saturated heterocycles. The lowest BCUT2D eigenvalue weighted by Gasteiger charge is -2.38. The fraction of sp³-hybridized carbons (Fsp3) is 0.300. The smallest absolute Gasteiger partial charge is 0.256 e. The first-order valence-corrected chi connectivity index (χ1v) is 8.86. The summed E-state index contributed by atoms with van der Waals surface area (Å²) in [5, 5.41) is 3.48. The van der Waals surface area contributed by atoms with E-state index >= 15 is 0 Å². The zero-order valence-electron chi connectivity index (χ0n) is 15.4. The Morgan fingerprint density at radius 3 is 2.59 bits per heavy atom. The molecule has 0 bridgehead atoms. The molecule has 1 N–H and O–H groups in total. The Bertz CT molecular complexity index is 854. The molecule has 2 aromatic rings. The van der Waals surface area contributed by atoms with Crippen molar-refractivity contribution in [1.29, 1.82) is 0 Å². The number of hydrogen-bond donors (Lipinski definition) is 1. The maximum atomic E-state index is 12.9. The summed E-state index contributed by atoms with van der Waals surface area (Å²) < 4.78 is 10.8. The molecule has 7 heteroatoms. The highest BCUT2D eigenvalue weighted by Gasteiger charge is 2.40. The van der Waals surface area contributed by atoms with E-state index in [1.807, 2.05) is 13.0 Å². The molecule has 1 aliphatic heterocycles. The molecular weight excluding hydrogens is 368 g/mol. The molecule has 2 atom stereocenters. The molecule has 142 valence electrons. The third-order valence-electron chi connectivity index (χ3n) is 4.65. The summed E-state index contributed by atoms with van der Waals surface area (Å²) in [5.41, 5.74) is 2.31. The van der Waals surface area contributed by atoms with Crippen LogP contribution < -0.4 is 10.1 Å². The first-order valence-electron chi connectivity index (χ1n) is 8.49. The molecule has 27 heavy (non-hydrogen) atoms. The number of morpholine rings is 1. The maximum Gasteiger partial charge on any atom is 0.256 e. The van der Waals surface area contributed by atoms with Gasteiger partial charge in [-0.1, -0.05) is 23.7 Å². The summed E-state index contributed by atoms with van der Waals surface area (Å²) in [5.74, 6) is 0.214. The highest BCUT2D eigenvalue weighted by molar-refractivity contribution is 6.30. The topological polar surface area (TPSA) is 67.9 Å². The average molecular weight is 389 g/mol. The Morgan fingerprint density at radius 2 is 1.96 bits per heavy atom. The van der Waals surface area contributed by atoms with Gasteiger partial charge in [0.05, 0.1) is 13.2 Å². The van der Waals surface area contributed by atoms with Gasteiger partial charge in [0.2, 0.25) is 5.91 Å². The lowest BCUT2D eigenvalue weighted by molar-refractivity contribution is -0.160. The second-order valence-electron chi connectivity index (χ2n) is 6.40. The van der Waals surface area contributed by atoms with E-state index < -0.39 is 12.1 Å². The fourth-order valence-electron chi connectivity index (χ4n) is 3.10. The number of nitrogens with one attached hydrogen (secondary N) is 1. The summed E-state index contributed by atoms with van der Waals surface area (Å²) in [4.78, 5) is 26.6. The summed E-state index contributed by atoms with van der Waals surface area (Å²) in [6.45, 7) is 1.74. The van der Waals surface area contributed by atoms with Crippen molar-refractivity contribution in [1.82, 2.24) is 4.90 Å². The third kappa shape index (κ3) is 4.07. The Hall–Kier alpha value is -2.57. The standard InChI is InChI=1S/C20H21ClN2O4/c1-12-10-15(26-3)8-9-16(12)22-20(25)19-18(23(2)17(24)11-27-19)13-4-6-14(21)7-5-13/h4-10,18-19H,11H2,1-3H3,(H,22,25). The zero-order chi connectivity index (χ0) is 19.6. The average Bonchev–Trinajstić information content (AvgIpc) is 2.66. The Balaban J connectivity index is 1.86. The molecule has 1 heterocycles. The van der Waals surface area contributed by atoms with Crippen LogP contribution in [0, 0.1) is 6.92 Å². The van der Waals surface area contributed by atoms with Gasteiger partial charge < -0.3 is 19.7 Å². The number of methoxy groups -OCH3 is 1. The van der Waals surface area contributed by atoms with Gasteiger partial charge in [-0.05, 0) is 48.4 Å². The minimum absolute atomic E-state index is 0.139. The summed E-state index contributed by atoms with van der Waals surface area (Å²) in [6.07, 6.45) is -0.838. The lowest BCUT2D eigenvalue weighted by atomic mass is 9.97. The van der Waals surface area contributed by atoms with Crippen molar-refractivity contribution >= 4 is 29.1 Å². The molecule has 0 spiro atoms. The van der Waals surface area contributed by atoms with Gasteiger partial charge in [-0.25, -0.2) is 0 Å². The number of ether oxygens (including phenoxy) is 2. The minimum Gasteiger partial charge on any atom is -0.497 e. The van der Waals surface area contributed by atoms with E-state index in [-0.39, 0.29) is 18.4 Å². The van der Waals surface area contributed by atoms with Crippen molar-refractivity contribution in [2.24, 2.45) is 0 Å². The summed E-state index contributed by atoms with van der Waals surface area (Å²) >= 11 is 5.96. The Kier molecular flexibility index (Phi) is 5.68. The highest BCUT2D eigenvalue weighted by atomic mass is 35.5. The number of benzene rings is 2. The molecule has 1 fully saturated rings. The minimum atomic E-state index is -0.838. The molecular formula is C20H21ClN2O4. The predicted octanol–water partition coefficient (Wildman–Crippen LogP) is 3.19. The van der Waals surface area contributed by atoms with Gasteiger partial charge in [0, 0.05) is 17.8 Å². The third-order valence-corrected chi connectivity index (χ3v) is 4.90. The van der Waals surface area contributed by atoms with Crippen LogP contribution in [0.2, 0.25) is 5.02 Å². The second kappa shape index (κ2) is 7.98. The monoisotopic (exact) mass is 388 g/mol. The fourth-order valence-corrected chi connectivity index (χ4v) is 3.22. The van der Waals surface area contributed by atoms with Crippen LogP contribution in [-0.2, 0) is 14.3 Å². The van der Waals surface area contributed by atoms with E-state index in [1.165, 1.54) is 4.90 Å². The van der Waals surface area contributed by atoms with Gasteiger partial charge >= 0.3 is 0 Å². The number of carbonyl (C=O) groups excluding carboxylic acids is 2. The van der Waals surface area contributed by atoms with Crippen LogP contribution in [0.15, 0.2) is 42.5 Å². The maximum absolute atomic E-state index is 12.9. The number of carbonyl (C=O) groups is 2. The van der Waals surface area contributed by atoms with Gasteiger partial charge in [0.1, 0.15) is 12.4 Å². The van der Waals surface area contributed by atoms with Crippen LogP contribution in [-0.4, -0.2) is 43.6 Å². The highest BCUT2D eigenvalue weighted by Crippen LogP contribution is 2.31. The van der Waals surface area contributed by atoms with Gasteiger partial charge in [-0.3, -0.25) is 9.59 Å². The normalized spacial score (nSPS) is 19.7. The van der Waals surface area contributed by atoms with Gasteiger partial charge in [-0.15, -0.1) is 0 Å². The van der Waals surface area contributed by atoms with Crippen molar-refractivity contribution in [3.05, 3.63) is 58.6 Å². The van der Waals surface area contributed by atoms with E-state index in [0.717, 1.165) is 11.1 Å². The van der Waals surface area contributed by atoms with E-state index in [9.17, 15) is 9.59 Å². The molecule has 0 saturated carbocycles. The zero-order valence-corrected chi connectivity index (χ0v) is 16.1. The predicted molar refractivity (Wildman–Crippen MR) is 103 cm³/mol. The number of nitrogens with zero attached hydrogens (tertiary/aromatic N) is 1. The van der Waals surface area contributed by atoms with Gasteiger partial charge in [0.25, 0.3) is 5.91 Å². The van der Waals surface area contributed by atoms with E-state index in [2.05, 4.69) is 5.32 Å². The molecule has 0 aromatic heterocycles. The quantitative estimate of drug-likeness (QED) is 0.873. The molecule has 6 nitrogen and oxygen atoms in total. The van der Waals surface area contributed by atoms with Crippen LogP contribution in [0.25, 0.3) is 0 Å². The van der Waals surface area contributed by atoms with Crippen LogP contribution in [0.3, 0.4) is 0 Å². The van der Waals surface area contributed by atoms with Crippen molar-refractivity contribution in [2.75, 3.05) is 26.1 Å². The number of rotatable bonds is 4. The number of likely N-dealkylation sites (N-methyl/N-ethyl adjacent to an activating group) is 1. The lowest BCUT2D eigenvalue weighted by Crippen LogP contribution is -2.51. The SMILES string of the molecule is COc1ccc(NC(=O)C2OCC(=O)N(C)C2c2ccc(Cl)cc2)c(C)c1. The largest absolute Gasteiger partial charge is 0.497 e. The molecule has 2 aromatic carbocycles.